The summed E-state index contributed by atoms with van der Waals surface area (Å²) in [4.78, 5) is 51.0. The minimum atomic E-state index is -1.03. The predicted octanol–water partition coefficient (Wildman–Crippen LogP) is -1.57. The van der Waals surface area contributed by atoms with Crippen molar-refractivity contribution in [2.45, 2.75) is 37.9 Å². The highest BCUT2D eigenvalue weighted by molar-refractivity contribution is 5.99. The maximum atomic E-state index is 12.2. The lowest BCUT2D eigenvalue weighted by Crippen LogP contribution is -2.62. The van der Waals surface area contributed by atoms with Crippen molar-refractivity contribution in [3.8, 4) is 0 Å². The van der Waals surface area contributed by atoms with Crippen LogP contribution in [0.25, 0.3) is 0 Å². The molecule has 2 rings (SSSR count). The molecule has 8 N–H and O–H groups in total. The van der Waals surface area contributed by atoms with Crippen molar-refractivity contribution in [1.29, 1.82) is 0 Å². The number of guanidine groups is 1. The molecule has 0 radical (unpaired) electrons. The van der Waals surface area contributed by atoms with Gasteiger partial charge in [0.25, 0.3) is 0 Å². The van der Waals surface area contributed by atoms with Gasteiger partial charge in [-0.1, -0.05) is 12.1 Å². The zero-order valence-corrected chi connectivity index (χ0v) is 15.7. The second-order valence-electron chi connectivity index (χ2n) is 6.55. The van der Waals surface area contributed by atoms with Gasteiger partial charge in [-0.3, -0.25) is 19.4 Å². The van der Waals surface area contributed by atoms with Gasteiger partial charge in [0, 0.05) is 13.1 Å². The van der Waals surface area contributed by atoms with Gasteiger partial charge in [0.15, 0.2) is 5.96 Å². The van der Waals surface area contributed by atoms with Crippen LogP contribution >= 0.6 is 0 Å². The number of piperazine rings is 1. The molecule has 0 aliphatic carbocycles. The summed E-state index contributed by atoms with van der Waals surface area (Å²) >= 11 is 0. The number of hydrogen-bond acceptors (Lipinski definition) is 5. The number of nitrogens with zero attached hydrogens (tertiary/aromatic N) is 1. The van der Waals surface area contributed by atoms with Crippen molar-refractivity contribution in [2.75, 3.05) is 6.54 Å². The molecule has 1 aromatic rings. The number of rotatable bonds is 9. The number of carboxylic acid groups (broad SMARTS) is 1. The fraction of sp³-hybridized carbons (Fsp3) is 0.389. The molecule has 1 aliphatic rings. The fourth-order valence-corrected chi connectivity index (χ4v) is 2.75. The third kappa shape index (κ3) is 6.79. The first-order valence-electron chi connectivity index (χ1n) is 9.01. The lowest BCUT2D eigenvalue weighted by atomic mass is 10.0. The molecule has 3 amide bonds. The summed E-state index contributed by atoms with van der Waals surface area (Å²) in [6.07, 6.45) is 0.688. The van der Waals surface area contributed by atoms with Crippen molar-refractivity contribution in [3.63, 3.8) is 0 Å². The van der Waals surface area contributed by atoms with Crippen LogP contribution < -0.4 is 27.4 Å². The van der Waals surface area contributed by atoms with E-state index in [1.165, 1.54) is 12.1 Å². The van der Waals surface area contributed by atoms with Crippen LogP contribution in [-0.2, 0) is 20.9 Å². The number of nitrogens with two attached hydrogens (primary N) is 2. The highest BCUT2D eigenvalue weighted by Crippen LogP contribution is 2.08. The van der Waals surface area contributed by atoms with E-state index < -0.39 is 29.9 Å². The van der Waals surface area contributed by atoms with Gasteiger partial charge in [-0.25, -0.2) is 4.79 Å². The Morgan fingerprint density at radius 1 is 1.07 bits per heavy atom. The molecule has 0 spiro atoms. The van der Waals surface area contributed by atoms with E-state index in [1.807, 2.05) is 0 Å². The normalized spacial score (nSPS) is 18.3. The van der Waals surface area contributed by atoms with Crippen LogP contribution in [0.15, 0.2) is 29.3 Å². The third-order valence-corrected chi connectivity index (χ3v) is 4.29. The highest BCUT2D eigenvalue weighted by Gasteiger charge is 2.34. The van der Waals surface area contributed by atoms with Crippen molar-refractivity contribution in [1.82, 2.24) is 16.0 Å². The molecule has 1 heterocycles. The first-order chi connectivity index (χ1) is 13.8. The maximum absolute atomic E-state index is 12.2. The van der Waals surface area contributed by atoms with Gasteiger partial charge in [-0.15, -0.1) is 0 Å². The van der Waals surface area contributed by atoms with E-state index in [1.54, 1.807) is 12.1 Å². The molecule has 0 saturated carbocycles. The molecule has 0 bridgehead atoms. The Kier molecular flexibility index (Phi) is 7.52. The van der Waals surface area contributed by atoms with Gasteiger partial charge >= 0.3 is 5.97 Å². The number of aliphatic imine (C=N–C) groups is 1. The summed E-state index contributed by atoms with van der Waals surface area (Å²) in [5.74, 6) is -2.28. The minimum absolute atomic E-state index is 0.0361. The number of amides is 3. The molecular weight excluding hydrogens is 380 g/mol. The van der Waals surface area contributed by atoms with Crippen LogP contribution in [0.5, 0.6) is 0 Å². The van der Waals surface area contributed by atoms with Gasteiger partial charge in [-0.2, -0.15) is 0 Å². The second kappa shape index (κ2) is 10.1. The van der Waals surface area contributed by atoms with Gasteiger partial charge in [0.1, 0.15) is 12.1 Å². The molecule has 11 heteroatoms. The van der Waals surface area contributed by atoms with Crippen LogP contribution in [0.4, 0.5) is 0 Å². The van der Waals surface area contributed by atoms with E-state index in [2.05, 4.69) is 20.9 Å². The quantitative estimate of drug-likeness (QED) is 0.163. The number of carbonyl (C=O) groups excluding carboxylic acids is 3. The van der Waals surface area contributed by atoms with Crippen LogP contribution in [0.2, 0.25) is 0 Å². The van der Waals surface area contributed by atoms with Crippen molar-refractivity contribution in [3.05, 3.63) is 35.4 Å². The van der Waals surface area contributed by atoms with Crippen LogP contribution in [0, 0.1) is 0 Å². The molecule has 1 saturated heterocycles. The first kappa shape index (κ1) is 21.7. The molecule has 1 aromatic carbocycles. The first-order valence-corrected chi connectivity index (χ1v) is 9.01. The number of benzene rings is 1. The van der Waals surface area contributed by atoms with E-state index in [9.17, 15) is 19.2 Å². The summed E-state index contributed by atoms with van der Waals surface area (Å²) in [6.45, 7) is 0.524. The average molecular weight is 404 g/mol. The molecule has 1 aliphatic heterocycles. The molecule has 156 valence electrons. The van der Waals surface area contributed by atoms with Crippen molar-refractivity contribution < 1.29 is 24.3 Å². The largest absolute Gasteiger partial charge is 0.478 e. The predicted molar refractivity (Wildman–Crippen MR) is 104 cm³/mol. The number of carbonyl (C=O) groups is 4. The van der Waals surface area contributed by atoms with E-state index in [4.69, 9.17) is 16.6 Å². The lowest BCUT2D eigenvalue weighted by Gasteiger charge is -2.29. The molecule has 1 fully saturated rings. The summed E-state index contributed by atoms with van der Waals surface area (Å²) in [5, 5.41) is 16.7. The number of nitrogens with one attached hydrogen (secondary N) is 3. The molecule has 0 unspecified atom stereocenters. The van der Waals surface area contributed by atoms with E-state index in [-0.39, 0.29) is 30.4 Å². The van der Waals surface area contributed by atoms with Gasteiger partial charge < -0.3 is 32.5 Å². The van der Waals surface area contributed by atoms with Crippen LogP contribution in [0.3, 0.4) is 0 Å². The fourth-order valence-electron chi connectivity index (χ4n) is 2.75. The summed E-state index contributed by atoms with van der Waals surface area (Å²) in [5.41, 5.74) is 11.3. The van der Waals surface area contributed by atoms with Gasteiger partial charge in [0.05, 0.1) is 12.0 Å². The zero-order chi connectivity index (χ0) is 21.4. The Bertz CT molecular complexity index is 803. The summed E-state index contributed by atoms with van der Waals surface area (Å²) in [7, 11) is 0. The monoisotopic (exact) mass is 404 g/mol. The van der Waals surface area contributed by atoms with E-state index >= 15 is 0 Å². The topological polar surface area (TPSA) is 189 Å². The van der Waals surface area contributed by atoms with Gasteiger partial charge in [-0.05, 0) is 30.5 Å². The molecule has 2 atom stereocenters. The van der Waals surface area contributed by atoms with E-state index in [0.717, 1.165) is 0 Å². The highest BCUT2D eigenvalue weighted by atomic mass is 16.4. The minimum Gasteiger partial charge on any atom is -0.478 e. The summed E-state index contributed by atoms with van der Waals surface area (Å²) in [6, 6.07) is 4.41. The van der Waals surface area contributed by atoms with Crippen molar-refractivity contribution >= 4 is 29.7 Å². The number of aromatic carboxylic acids is 1. The standard InChI is InChI=1S/C18H24N6O5/c19-18(20)21-7-1-2-12-15(26)24-13(16(27)23-12)8-14(25)22-9-10-3-5-11(6-4-10)17(28)29/h3-6,12-13H,1-2,7-9H2,(H,22,25)(H,23,27)(H,24,26)(H,28,29)(H4,19,20,21)/t12-,13-/m0/s1. The zero-order valence-electron chi connectivity index (χ0n) is 15.7. The Morgan fingerprint density at radius 3 is 2.31 bits per heavy atom. The van der Waals surface area contributed by atoms with Crippen LogP contribution in [-0.4, -0.2) is 53.4 Å². The summed E-state index contributed by atoms with van der Waals surface area (Å²) < 4.78 is 0. The Hall–Kier alpha value is -3.63. The molecule has 0 aromatic heterocycles. The Labute approximate surface area is 166 Å². The third-order valence-electron chi connectivity index (χ3n) is 4.29. The average Bonchev–Trinajstić information content (AvgIpc) is 2.67. The van der Waals surface area contributed by atoms with Crippen LogP contribution in [0.1, 0.15) is 35.2 Å². The Morgan fingerprint density at radius 2 is 1.69 bits per heavy atom. The maximum Gasteiger partial charge on any atom is 0.335 e. The number of carboxylic acids is 1. The molecule has 11 nitrogen and oxygen atoms in total. The van der Waals surface area contributed by atoms with Crippen molar-refractivity contribution in [2.24, 2.45) is 16.5 Å². The van der Waals surface area contributed by atoms with E-state index in [0.29, 0.717) is 24.9 Å². The smallest absolute Gasteiger partial charge is 0.335 e. The van der Waals surface area contributed by atoms with Gasteiger partial charge in [0.2, 0.25) is 17.7 Å². The number of hydrogen-bond donors (Lipinski definition) is 6. The molecule has 29 heavy (non-hydrogen) atoms. The SMILES string of the molecule is NC(N)=NCCC[C@@H]1NC(=O)[C@H](CC(=O)NCc2ccc(C(=O)O)cc2)NC1=O. The Balaban J connectivity index is 1.77. The lowest BCUT2D eigenvalue weighted by molar-refractivity contribution is -0.138. The molecular formula is C18H24N6O5. The second-order valence-corrected chi connectivity index (χ2v) is 6.55.